The van der Waals surface area contributed by atoms with Gasteiger partial charge in [-0.3, -0.25) is 14.4 Å². The van der Waals surface area contributed by atoms with Gasteiger partial charge in [-0.2, -0.15) is 23.5 Å². The van der Waals surface area contributed by atoms with Gasteiger partial charge in [-0.05, 0) is 116 Å². The Kier molecular flexibility index (Phi) is 18.7. The number of aliphatic hydroxyl groups is 1. The molecule has 0 bridgehead atoms. The summed E-state index contributed by atoms with van der Waals surface area (Å²) >= 11 is 3.54. The largest absolute Gasteiger partial charge is 0.506 e. The highest BCUT2D eigenvalue weighted by Gasteiger charge is 2.39. The van der Waals surface area contributed by atoms with E-state index in [0.717, 1.165) is 48.6 Å². The second kappa shape index (κ2) is 22.3. The van der Waals surface area contributed by atoms with Crippen LogP contribution in [0.1, 0.15) is 126 Å². The maximum Gasteiger partial charge on any atom is 0.247 e. The van der Waals surface area contributed by atoms with E-state index >= 15 is 0 Å². The fourth-order valence-corrected chi connectivity index (χ4v) is 9.00. The second-order valence-electron chi connectivity index (χ2n) is 15.2. The molecule has 2 aliphatic rings. The monoisotopic (exact) mass is 778 g/mol. The molecule has 0 radical (unpaired) electrons. The topological polar surface area (TPSA) is 102 Å². The molecule has 2 aliphatic carbocycles. The van der Waals surface area contributed by atoms with Crippen molar-refractivity contribution in [3.8, 4) is 0 Å². The van der Waals surface area contributed by atoms with Crippen LogP contribution >= 0.6 is 23.5 Å². The van der Waals surface area contributed by atoms with Crippen LogP contribution < -0.4 is 10.2 Å². The van der Waals surface area contributed by atoms with Gasteiger partial charge < -0.3 is 20.2 Å². The summed E-state index contributed by atoms with van der Waals surface area (Å²) in [6, 6.07) is 6.46. The Morgan fingerprint density at radius 2 is 1.33 bits per heavy atom. The van der Waals surface area contributed by atoms with Gasteiger partial charge in [-0.15, -0.1) is 0 Å². The molecule has 0 unspecified atom stereocenters. The van der Waals surface area contributed by atoms with Crippen molar-refractivity contribution >= 4 is 63.8 Å². The fourth-order valence-electron chi connectivity index (χ4n) is 7.13. The van der Waals surface area contributed by atoms with Gasteiger partial charge in [0.25, 0.3) is 0 Å². The van der Waals surface area contributed by atoms with E-state index in [1.807, 2.05) is 30.4 Å². The molecule has 0 spiro atoms. The number of Topliss-reactive ketones (excluding diaryl/α,β-unsaturated/α-hetero) is 1. The third-order valence-electron chi connectivity index (χ3n) is 9.51. The summed E-state index contributed by atoms with van der Waals surface area (Å²) < 4.78 is 0. The molecular formula is C44H66N4O4S2. The number of rotatable bonds is 22. The molecule has 2 amide bonds. The molecule has 0 fully saturated rings. The SMILES string of the molecule is CCCCCSCCC(=O)N=C1C=C(N(C(C)C)C(C)C)C=CC1=C1C(=O)C(c2ccc(N(C(C)C)C(C)C)cc2NC(=O)CCSCCCCC)=C1O. The first-order valence-electron chi connectivity index (χ1n) is 20.1. The minimum absolute atomic E-state index is 0.133. The first-order valence-corrected chi connectivity index (χ1v) is 22.4. The van der Waals surface area contributed by atoms with Crippen LogP contribution in [0.4, 0.5) is 11.4 Å². The Bertz CT molecular complexity index is 1600. The fraction of sp³-hybridized carbons (Fsp3) is 0.591. The highest BCUT2D eigenvalue weighted by Crippen LogP contribution is 2.43. The Morgan fingerprint density at radius 3 is 1.87 bits per heavy atom. The molecule has 0 atom stereocenters. The van der Waals surface area contributed by atoms with Crippen LogP contribution in [0, 0.1) is 0 Å². The van der Waals surface area contributed by atoms with E-state index in [9.17, 15) is 19.5 Å². The molecule has 298 valence electrons. The number of nitrogens with zero attached hydrogens (tertiary/aromatic N) is 3. The number of aliphatic imine (C=N–C) groups is 1. The molecule has 0 aromatic heterocycles. The zero-order valence-corrected chi connectivity index (χ0v) is 36.2. The number of anilines is 2. The number of hydrogen-bond donors (Lipinski definition) is 2. The Morgan fingerprint density at radius 1 is 0.759 bits per heavy atom. The first-order chi connectivity index (χ1) is 25.7. The van der Waals surface area contributed by atoms with Crippen LogP contribution in [0.5, 0.6) is 0 Å². The highest BCUT2D eigenvalue weighted by atomic mass is 32.2. The van der Waals surface area contributed by atoms with E-state index in [2.05, 4.69) is 89.3 Å². The van der Waals surface area contributed by atoms with Gasteiger partial charge in [0, 0.05) is 71.0 Å². The molecule has 1 aromatic rings. The Hall–Kier alpha value is -3.24. The third-order valence-corrected chi connectivity index (χ3v) is 11.7. The smallest absolute Gasteiger partial charge is 0.247 e. The average molecular weight is 779 g/mol. The molecule has 0 saturated carbocycles. The Labute approximate surface area is 334 Å². The lowest BCUT2D eigenvalue weighted by atomic mass is 9.78. The predicted molar refractivity (Wildman–Crippen MR) is 234 cm³/mol. The number of hydrogen-bond acceptors (Lipinski definition) is 8. The molecular weight excluding hydrogens is 713 g/mol. The lowest BCUT2D eigenvalue weighted by molar-refractivity contribution is -0.117. The summed E-state index contributed by atoms with van der Waals surface area (Å²) in [5.41, 5.74) is 3.86. The van der Waals surface area contributed by atoms with Gasteiger partial charge in [0.05, 0.1) is 22.5 Å². The van der Waals surface area contributed by atoms with E-state index in [4.69, 9.17) is 0 Å². The van der Waals surface area contributed by atoms with Crippen LogP contribution in [0.25, 0.3) is 5.57 Å². The number of benzene rings is 1. The van der Waals surface area contributed by atoms with E-state index in [0.29, 0.717) is 46.9 Å². The van der Waals surface area contributed by atoms with Gasteiger partial charge in [0.15, 0.2) is 0 Å². The molecule has 3 rings (SSSR count). The van der Waals surface area contributed by atoms with Crippen molar-refractivity contribution in [2.45, 2.75) is 145 Å². The summed E-state index contributed by atoms with van der Waals surface area (Å²) in [5.74, 6) is 2.54. The zero-order chi connectivity index (χ0) is 39.9. The summed E-state index contributed by atoms with van der Waals surface area (Å²) in [7, 11) is 0. The van der Waals surface area contributed by atoms with E-state index in [1.165, 1.54) is 12.8 Å². The van der Waals surface area contributed by atoms with Crippen LogP contribution in [0.2, 0.25) is 0 Å². The molecule has 2 N–H and O–H groups in total. The first kappa shape index (κ1) is 45.2. The number of aliphatic hydroxyl groups excluding tert-OH is 1. The van der Waals surface area contributed by atoms with Gasteiger partial charge in [-0.25, -0.2) is 4.99 Å². The minimum atomic E-state index is -0.348. The van der Waals surface area contributed by atoms with Crippen molar-refractivity contribution in [2.75, 3.05) is 33.2 Å². The van der Waals surface area contributed by atoms with Gasteiger partial charge in [-0.1, -0.05) is 39.5 Å². The third kappa shape index (κ3) is 12.4. The van der Waals surface area contributed by atoms with Gasteiger partial charge in [0.1, 0.15) is 5.76 Å². The number of nitrogens with one attached hydrogen (secondary N) is 1. The molecule has 8 nitrogen and oxygen atoms in total. The van der Waals surface area contributed by atoms with Crippen molar-refractivity contribution in [1.82, 2.24) is 4.90 Å². The normalized spacial score (nSPS) is 16.6. The summed E-state index contributed by atoms with van der Waals surface area (Å²) in [6.07, 6.45) is 13.2. The van der Waals surface area contributed by atoms with Crippen molar-refractivity contribution in [3.05, 3.63) is 64.6 Å². The van der Waals surface area contributed by atoms with Crippen molar-refractivity contribution in [3.63, 3.8) is 0 Å². The average Bonchev–Trinajstić information content (AvgIpc) is 3.09. The summed E-state index contributed by atoms with van der Waals surface area (Å²) in [5, 5.41) is 14.8. The van der Waals surface area contributed by atoms with Crippen LogP contribution in [0.15, 0.2) is 64.0 Å². The van der Waals surface area contributed by atoms with Crippen LogP contribution in [0.3, 0.4) is 0 Å². The quantitative estimate of drug-likeness (QED) is 0.0886. The zero-order valence-electron chi connectivity index (χ0n) is 34.6. The lowest BCUT2D eigenvalue weighted by Crippen LogP contribution is -2.37. The molecule has 0 heterocycles. The van der Waals surface area contributed by atoms with E-state index in [-0.39, 0.29) is 58.7 Å². The molecule has 1 aromatic carbocycles. The van der Waals surface area contributed by atoms with Crippen LogP contribution in [-0.4, -0.2) is 80.5 Å². The molecule has 0 aliphatic heterocycles. The van der Waals surface area contributed by atoms with E-state index in [1.54, 1.807) is 29.6 Å². The minimum Gasteiger partial charge on any atom is -0.506 e. The number of thioether (sulfide) groups is 2. The number of ketones is 1. The molecule has 0 saturated heterocycles. The standard InChI is InChI=1S/C44H66N4O4S2/c1-11-13-15-23-53-25-21-39(49)45-37-27-33(47(29(3)4)30(5)6)17-19-35(37)41-43(51)42(44(41)52)36-20-18-34(48(31(7)8)32(9)10)28-38(36)46-40(50)22-26-54-24-16-14-12-2/h17-20,27-32,51H,11-16,21-26H2,1-10H3,(H,45,49). The maximum absolute atomic E-state index is 14.2. The van der Waals surface area contributed by atoms with Gasteiger partial charge in [0.2, 0.25) is 17.6 Å². The number of allylic oxidation sites excluding steroid dienone is 6. The summed E-state index contributed by atoms with van der Waals surface area (Å²) in [6.45, 7) is 21.3. The van der Waals surface area contributed by atoms with E-state index < -0.39 is 0 Å². The number of carbonyl (C=O) groups excluding carboxylic acids is 3. The molecule has 54 heavy (non-hydrogen) atoms. The van der Waals surface area contributed by atoms with Crippen LogP contribution in [-0.2, 0) is 14.4 Å². The number of unbranched alkanes of at least 4 members (excludes halogenated alkanes) is 4. The predicted octanol–water partition coefficient (Wildman–Crippen LogP) is 10.6. The maximum atomic E-state index is 14.2. The van der Waals surface area contributed by atoms with Gasteiger partial charge >= 0.3 is 0 Å². The Balaban J connectivity index is 2.05. The van der Waals surface area contributed by atoms with Crippen molar-refractivity contribution in [1.29, 1.82) is 0 Å². The lowest BCUT2D eigenvalue weighted by Gasteiger charge is -2.35. The molecule has 10 heteroatoms. The van der Waals surface area contributed by atoms with Crippen molar-refractivity contribution in [2.24, 2.45) is 4.99 Å². The second-order valence-corrected chi connectivity index (χ2v) is 17.7. The number of carbonyl (C=O) groups is 3. The highest BCUT2D eigenvalue weighted by molar-refractivity contribution is 7.99. The summed E-state index contributed by atoms with van der Waals surface area (Å²) in [4.78, 5) is 49.8. The van der Waals surface area contributed by atoms with Crippen molar-refractivity contribution < 1.29 is 19.5 Å². The number of amides is 2.